The van der Waals surface area contributed by atoms with E-state index in [1.807, 2.05) is 0 Å². The van der Waals surface area contributed by atoms with Gasteiger partial charge in [0.2, 0.25) is 0 Å². The monoisotopic (exact) mass is 656 g/mol. The van der Waals surface area contributed by atoms with Crippen LogP contribution in [0.5, 0.6) is 0 Å². The van der Waals surface area contributed by atoms with Crippen LogP contribution in [0.2, 0.25) is 0 Å². The van der Waals surface area contributed by atoms with Gasteiger partial charge in [0.15, 0.2) is 0 Å². The van der Waals surface area contributed by atoms with Gasteiger partial charge in [0, 0.05) is 6.16 Å². The Morgan fingerprint density at radius 3 is 0.649 bits per heavy atom. The fraction of sp³-hybridized carbons (Fsp3) is 1.00. The summed E-state index contributed by atoms with van der Waals surface area (Å²) in [5, 5.41) is 0. The van der Waals surface area contributed by atoms with Crippen molar-refractivity contribution in [3.05, 3.63) is 0 Å². The van der Waals surface area contributed by atoms with Gasteiger partial charge in [-0.05, 0) is 17.3 Å². The van der Waals surface area contributed by atoms with Crippen molar-refractivity contribution in [1.82, 2.24) is 0 Å². The highest BCUT2D eigenvalue weighted by Gasteiger charge is 2.10. The van der Waals surface area contributed by atoms with Crippen LogP contribution >= 0.6 is 30.2 Å². The van der Waals surface area contributed by atoms with E-state index in [0.29, 0.717) is 6.42 Å². The summed E-state index contributed by atoms with van der Waals surface area (Å²) >= 11 is 2.49. The van der Waals surface area contributed by atoms with Crippen LogP contribution in [0.3, 0.4) is 0 Å². The van der Waals surface area contributed by atoms with Gasteiger partial charge in [0.1, 0.15) is 0 Å². The van der Waals surface area contributed by atoms with E-state index in [1.54, 1.807) is 0 Å². The molecule has 0 unspecified atom stereocenters. The number of unbranched alkanes of at least 4 members (excludes halogenated alkanes) is 29. The van der Waals surface area contributed by atoms with Crippen molar-refractivity contribution in [2.75, 3.05) is 10.6 Å². The molecule has 37 heavy (non-hydrogen) atoms. The molecule has 224 valence electrons. The molecular formula is C32H66IO3P. The summed E-state index contributed by atoms with van der Waals surface area (Å²) in [5.41, 5.74) is 0. The van der Waals surface area contributed by atoms with Crippen molar-refractivity contribution >= 4 is 30.2 Å². The molecule has 0 aliphatic carbocycles. The predicted octanol–water partition coefficient (Wildman–Crippen LogP) is 12.3. The van der Waals surface area contributed by atoms with Gasteiger partial charge in [-0.1, -0.05) is 202 Å². The van der Waals surface area contributed by atoms with Gasteiger partial charge in [-0.3, -0.25) is 4.57 Å². The SMILES string of the molecule is O=P(O)(O)CCCCCCCCCCCCCCCCCCCCCCCCCCCCCCCCI. The molecule has 0 rings (SSSR count). The molecule has 0 fully saturated rings. The summed E-state index contributed by atoms with van der Waals surface area (Å²) in [4.78, 5) is 17.7. The van der Waals surface area contributed by atoms with Crippen LogP contribution in [0, 0.1) is 0 Å². The minimum absolute atomic E-state index is 0.0619. The molecule has 0 saturated carbocycles. The van der Waals surface area contributed by atoms with Crippen LogP contribution in [-0.2, 0) is 4.57 Å². The molecule has 3 nitrogen and oxygen atoms in total. The lowest BCUT2D eigenvalue weighted by Gasteiger charge is -2.05. The molecule has 0 aromatic rings. The molecule has 0 bridgehead atoms. The zero-order valence-electron chi connectivity index (χ0n) is 24.8. The Kier molecular flexibility index (Phi) is 32.2. The highest BCUT2D eigenvalue weighted by atomic mass is 127. The fourth-order valence-corrected chi connectivity index (χ4v) is 6.54. The van der Waals surface area contributed by atoms with Crippen LogP contribution in [0.25, 0.3) is 0 Å². The maximum absolute atomic E-state index is 10.8. The normalized spacial score (nSPS) is 12.0. The van der Waals surface area contributed by atoms with Crippen LogP contribution in [-0.4, -0.2) is 20.4 Å². The van der Waals surface area contributed by atoms with E-state index in [-0.39, 0.29) is 6.16 Å². The summed E-state index contributed by atoms with van der Waals surface area (Å²) in [7, 11) is -3.77. The molecule has 0 aromatic heterocycles. The lowest BCUT2D eigenvalue weighted by Crippen LogP contribution is -1.88. The number of halogens is 1. The van der Waals surface area contributed by atoms with E-state index in [9.17, 15) is 4.57 Å². The molecule has 0 saturated heterocycles. The lowest BCUT2D eigenvalue weighted by molar-refractivity contribution is 0.370. The minimum Gasteiger partial charge on any atom is -0.324 e. The molecule has 5 heteroatoms. The Morgan fingerprint density at radius 1 is 0.324 bits per heavy atom. The second-order valence-electron chi connectivity index (χ2n) is 11.7. The highest BCUT2D eigenvalue weighted by molar-refractivity contribution is 14.1. The average Bonchev–Trinajstić information content (AvgIpc) is 2.86. The minimum atomic E-state index is -3.77. The third-order valence-corrected chi connectivity index (χ3v) is 9.49. The maximum atomic E-state index is 10.8. The highest BCUT2D eigenvalue weighted by Crippen LogP contribution is 2.35. The topological polar surface area (TPSA) is 57.5 Å². The largest absolute Gasteiger partial charge is 0.325 e. The van der Waals surface area contributed by atoms with E-state index in [2.05, 4.69) is 22.6 Å². The van der Waals surface area contributed by atoms with Crippen molar-refractivity contribution < 1.29 is 14.4 Å². The second-order valence-corrected chi connectivity index (χ2v) is 14.5. The smallest absolute Gasteiger partial charge is 0.324 e. The lowest BCUT2D eigenvalue weighted by atomic mass is 10.0. The van der Waals surface area contributed by atoms with Crippen LogP contribution in [0.15, 0.2) is 0 Å². The van der Waals surface area contributed by atoms with E-state index in [4.69, 9.17) is 9.79 Å². The fourth-order valence-electron chi connectivity index (χ4n) is 5.36. The zero-order valence-corrected chi connectivity index (χ0v) is 27.8. The quantitative estimate of drug-likeness (QED) is 0.0328. The molecule has 0 aliphatic rings. The summed E-state index contributed by atoms with van der Waals surface area (Å²) in [5.74, 6) is 0. The summed E-state index contributed by atoms with van der Waals surface area (Å²) in [6.07, 6.45) is 41.4. The molecular weight excluding hydrogens is 590 g/mol. The van der Waals surface area contributed by atoms with Crippen molar-refractivity contribution in [3.8, 4) is 0 Å². The Morgan fingerprint density at radius 2 is 0.486 bits per heavy atom. The Bertz CT molecular complexity index is 469. The summed E-state index contributed by atoms with van der Waals surface area (Å²) in [6, 6.07) is 0. The molecule has 0 heterocycles. The van der Waals surface area contributed by atoms with E-state index >= 15 is 0 Å². The van der Waals surface area contributed by atoms with E-state index < -0.39 is 7.60 Å². The van der Waals surface area contributed by atoms with Crippen LogP contribution in [0.1, 0.15) is 193 Å². The second kappa shape index (κ2) is 31.4. The average molecular weight is 657 g/mol. The van der Waals surface area contributed by atoms with Crippen molar-refractivity contribution in [2.45, 2.75) is 193 Å². The van der Waals surface area contributed by atoms with Crippen molar-refractivity contribution in [2.24, 2.45) is 0 Å². The summed E-state index contributed by atoms with van der Waals surface area (Å²) < 4.78 is 12.1. The molecule has 2 N–H and O–H groups in total. The van der Waals surface area contributed by atoms with Gasteiger partial charge in [-0.2, -0.15) is 0 Å². The van der Waals surface area contributed by atoms with Gasteiger partial charge in [-0.25, -0.2) is 0 Å². The molecule has 0 aromatic carbocycles. The van der Waals surface area contributed by atoms with Crippen molar-refractivity contribution in [3.63, 3.8) is 0 Å². The predicted molar refractivity (Wildman–Crippen MR) is 174 cm³/mol. The van der Waals surface area contributed by atoms with Gasteiger partial charge in [-0.15, -0.1) is 0 Å². The van der Waals surface area contributed by atoms with Gasteiger partial charge >= 0.3 is 7.60 Å². The third kappa shape index (κ3) is 36.9. The first-order valence-corrected chi connectivity index (χ1v) is 20.0. The molecule has 0 amide bonds. The summed E-state index contributed by atoms with van der Waals surface area (Å²) in [6.45, 7) is 0. The first-order chi connectivity index (χ1) is 18.1. The van der Waals surface area contributed by atoms with E-state index in [0.717, 1.165) is 12.8 Å². The standard InChI is InChI=1S/C32H66IO3P/c33-31-29-27-25-23-21-19-17-15-13-11-9-7-5-3-1-2-4-6-8-10-12-14-16-18-20-22-24-26-28-30-32-37(34,35)36/h1-32H2,(H2,34,35,36). The number of hydrogen-bond donors (Lipinski definition) is 2. The Hall–Kier alpha value is 0.880. The molecule has 0 radical (unpaired) electrons. The number of alkyl halides is 1. The van der Waals surface area contributed by atoms with Crippen LogP contribution in [0.4, 0.5) is 0 Å². The van der Waals surface area contributed by atoms with Gasteiger partial charge in [0.25, 0.3) is 0 Å². The van der Waals surface area contributed by atoms with Crippen molar-refractivity contribution in [1.29, 1.82) is 0 Å². The third-order valence-electron chi connectivity index (χ3n) is 7.83. The maximum Gasteiger partial charge on any atom is 0.325 e. The Labute approximate surface area is 246 Å². The first-order valence-electron chi connectivity index (χ1n) is 16.7. The van der Waals surface area contributed by atoms with E-state index in [1.165, 1.54) is 178 Å². The first kappa shape index (κ1) is 37.9. The number of rotatable bonds is 32. The molecule has 0 atom stereocenters. The zero-order chi connectivity index (χ0) is 27.1. The molecule has 0 spiro atoms. The van der Waals surface area contributed by atoms with Crippen LogP contribution < -0.4 is 0 Å². The molecule has 0 aliphatic heterocycles. The van der Waals surface area contributed by atoms with Gasteiger partial charge < -0.3 is 9.79 Å². The number of hydrogen-bond acceptors (Lipinski definition) is 1. The van der Waals surface area contributed by atoms with Gasteiger partial charge in [0.05, 0.1) is 0 Å². The Balaban J connectivity index is 3.04.